The van der Waals surface area contributed by atoms with E-state index < -0.39 is 0 Å². The molecule has 0 spiro atoms. The first-order valence-electron chi connectivity index (χ1n) is 4.55. The molecule has 0 fully saturated rings. The molecule has 1 heterocycles. The number of aliphatic hydroxyl groups excluding tert-OH is 1. The third kappa shape index (κ3) is 2.97. The van der Waals surface area contributed by atoms with Gasteiger partial charge in [-0.3, -0.25) is 4.98 Å². The molecule has 0 saturated heterocycles. The molecule has 1 aromatic rings. The molecule has 1 atom stereocenters. The maximum absolute atomic E-state index is 8.86. The lowest BCUT2D eigenvalue weighted by molar-refractivity contribution is -0.0549. The zero-order valence-electron chi connectivity index (χ0n) is 8.43. The van der Waals surface area contributed by atoms with Crippen molar-refractivity contribution in [3.63, 3.8) is 0 Å². The Morgan fingerprint density at radius 3 is 2.93 bits per heavy atom. The van der Waals surface area contributed by atoms with Crippen molar-refractivity contribution in [1.29, 1.82) is 0 Å². The van der Waals surface area contributed by atoms with E-state index in [2.05, 4.69) is 4.98 Å². The van der Waals surface area contributed by atoms with Gasteiger partial charge in [0, 0.05) is 25.8 Å². The van der Waals surface area contributed by atoms with Crippen molar-refractivity contribution in [2.24, 2.45) is 0 Å². The molecule has 14 heavy (non-hydrogen) atoms. The molecule has 0 aliphatic heterocycles. The standard InChI is InChI=1S/C10H15NO3/c1-3-10(13-2)14-9-4-5-11-8(6-9)7-12/h4-6,10,12H,3,7H2,1-2H3. The third-order valence-corrected chi connectivity index (χ3v) is 1.81. The minimum Gasteiger partial charge on any atom is -0.465 e. The molecule has 1 N–H and O–H groups in total. The second kappa shape index (κ2) is 5.57. The van der Waals surface area contributed by atoms with Crippen LogP contribution >= 0.6 is 0 Å². The van der Waals surface area contributed by atoms with Gasteiger partial charge in [0.2, 0.25) is 0 Å². The van der Waals surface area contributed by atoms with E-state index in [4.69, 9.17) is 14.6 Å². The number of pyridine rings is 1. The molecule has 1 rings (SSSR count). The molecule has 4 heteroatoms. The Kier molecular flexibility index (Phi) is 4.35. The zero-order chi connectivity index (χ0) is 10.4. The summed E-state index contributed by atoms with van der Waals surface area (Å²) in [6, 6.07) is 3.43. The van der Waals surface area contributed by atoms with Gasteiger partial charge in [-0.25, -0.2) is 0 Å². The van der Waals surface area contributed by atoms with E-state index in [1.54, 1.807) is 25.4 Å². The molecular formula is C10H15NO3. The molecule has 78 valence electrons. The first kappa shape index (κ1) is 10.9. The van der Waals surface area contributed by atoms with Crippen molar-refractivity contribution in [2.75, 3.05) is 7.11 Å². The van der Waals surface area contributed by atoms with Gasteiger partial charge in [0.25, 0.3) is 0 Å². The van der Waals surface area contributed by atoms with E-state index >= 15 is 0 Å². The van der Waals surface area contributed by atoms with Crippen molar-refractivity contribution in [3.05, 3.63) is 24.0 Å². The molecule has 0 amide bonds. The second-order valence-corrected chi connectivity index (χ2v) is 2.83. The molecule has 1 unspecified atom stereocenters. The lowest BCUT2D eigenvalue weighted by Crippen LogP contribution is -2.17. The van der Waals surface area contributed by atoms with Gasteiger partial charge in [-0.15, -0.1) is 0 Å². The topological polar surface area (TPSA) is 51.6 Å². The van der Waals surface area contributed by atoms with Crippen LogP contribution in [0.25, 0.3) is 0 Å². The number of hydrogen-bond acceptors (Lipinski definition) is 4. The Morgan fingerprint density at radius 2 is 2.36 bits per heavy atom. The fourth-order valence-corrected chi connectivity index (χ4v) is 1.07. The average Bonchev–Trinajstić information content (AvgIpc) is 2.26. The Labute approximate surface area is 83.5 Å². The van der Waals surface area contributed by atoms with Crippen LogP contribution in [-0.4, -0.2) is 23.5 Å². The van der Waals surface area contributed by atoms with Crippen LogP contribution in [0.2, 0.25) is 0 Å². The van der Waals surface area contributed by atoms with Crippen LogP contribution in [0, 0.1) is 0 Å². The summed E-state index contributed by atoms with van der Waals surface area (Å²) in [4.78, 5) is 3.95. The van der Waals surface area contributed by atoms with Gasteiger partial charge in [0.1, 0.15) is 5.75 Å². The second-order valence-electron chi connectivity index (χ2n) is 2.83. The first-order valence-corrected chi connectivity index (χ1v) is 4.55. The lowest BCUT2D eigenvalue weighted by Gasteiger charge is -2.15. The van der Waals surface area contributed by atoms with Gasteiger partial charge in [0.15, 0.2) is 6.29 Å². The molecule has 0 bridgehead atoms. The highest BCUT2D eigenvalue weighted by Crippen LogP contribution is 2.14. The quantitative estimate of drug-likeness (QED) is 0.723. The van der Waals surface area contributed by atoms with Crippen LogP contribution < -0.4 is 4.74 Å². The fourth-order valence-electron chi connectivity index (χ4n) is 1.07. The van der Waals surface area contributed by atoms with Crippen molar-refractivity contribution in [1.82, 2.24) is 4.98 Å². The highest BCUT2D eigenvalue weighted by atomic mass is 16.7. The van der Waals surface area contributed by atoms with Crippen LogP contribution in [0.3, 0.4) is 0 Å². The van der Waals surface area contributed by atoms with Crippen LogP contribution in [-0.2, 0) is 11.3 Å². The predicted molar refractivity (Wildman–Crippen MR) is 51.9 cm³/mol. The minimum atomic E-state index is -0.246. The highest BCUT2D eigenvalue weighted by Gasteiger charge is 2.05. The van der Waals surface area contributed by atoms with Crippen LogP contribution in [0.4, 0.5) is 0 Å². The number of ether oxygens (including phenoxy) is 2. The Balaban J connectivity index is 2.65. The first-order chi connectivity index (χ1) is 6.80. The van der Waals surface area contributed by atoms with Gasteiger partial charge in [-0.05, 0) is 6.07 Å². The van der Waals surface area contributed by atoms with Gasteiger partial charge < -0.3 is 14.6 Å². The summed E-state index contributed by atoms with van der Waals surface area (Å²) < 4.78 is 10.6. The van der Waals surface area contributed by atoms with E-state index in [1.165, 1.54) is 0 Å². The summed E-state index contributed by atoms with van der Waals surface area (Å²) in [6.45, 7) is 1.89. The molecule has 0 radical (unpaired) electrons. The molecule has 4 nitrogen and oxygen atoms in total. The normalized spacial score (nSPS) is 12.5. The number of nitrogens with zero attached hydrogens (tertiary/aromatic N) is 1. The average molecular weight is 197 g/mol. The number of rotatable bonds is 5. The molecular weight excluding hydrogens is 182 g/mol. The highest BCUT2D eigenvalue weighted by molar-refractivity contribution is 5.22. The maximum Gasteiger partial charge on any atom is 0.199 e. The van der Waals surface area contributed by atoms with Crippen molar-refractivity contribution in [2.45, 2.75) is 26.2 Å². The van der Waals surface area contributed by atoms with Crippen molar-refractivity contribution >= 4 is 0 Å². The summed E-state index contributed by atoms with van der Waals surface area (Å²) in [5.74, 6) is 0.665. The van der Waals surface area contributed by atoms with Crippen molar-refractivity contribution in [3.8, 4) is 5.75 Å². The molecule has 0 aliphatic rings. The zero-order valence-corrected chi connectivity index (χ0v) is 8.43. The van der Waals surface area contributed by atoms with Crippen LogP contribution in [0.1, 0.15) is 19.0 Å². The Bertz CT molecular complexity index is 274. The van der Waals surface area contributed by atoms with E-state index in [9.17, 15) is 0 Å². The van der Waals surface area contributed by atoms with E-state index in [0.717, 1.165) is 6.42 Å². The Morgan fingerprint density at radius 1 is 1.57 bits per heavy atom. The van der Waals surface area contributed by atoms with Gasteiger partial charge in [-0.2, -0.15) is 0 Å². The molecule has 0 aliphatic carbocycles. The predicted octanol–water partition coefficient (Wildman–Crippen LogP) is 1.34. The van der Waals surface area contributed by atoms with E-state index in [-0.39, 0.29) is 12.9 Å². The van der Waals surface area contributed by atoms with Crippen molar-refractivity contribution < 1.29 is 14.6 Å². The SMILES string of the molecule is CCC(OC)Oc1ccnc(CO)c1. The number of aliphatic hydroxyl groups is 1. The molecule has 0 saturated carbocycles. The number of aromatic nitrogens is 1. The number of hydrogen-bond donors (Lipinski definition) is 1. The van der Waals surface area contributed by atoms with Crippen LogP contribution in [0.15, 0.2) is 18.3 Å². The summed E-state index contributed by atoms with van der Waals surface area (Å²) in [5.41, 5.74) is 0.591. The summed E-state index contributed by atoms with van der Waals surface area (Å²) in [7, 11) is 1.60. The van der Waals surface area contributed by atoms with Gasteiger partial charge in [0.05, 0.1) is 12.3 Å². The summed E-state index contributed by atoms with van der Waals surface area (Å²) in [5, 5.41) is 8.86. The van der Waals surface area contributed by atoms with Gasteiger partial charge in [-0.1, -0.05) is 6.92 Å². The lowest BCUT2D eigenvalue weighted by atomic mass is 10.3. The fraction of sp³-hybridized carbons (Fsp3) is 0.500. The Hall–Kier alpha value is -1.13. The molecule has 0 aromatic carbocycles. The van der Waals surface area contributed by atoms with Crippen LogP contribution in [0.5, 0.6) is 5.75 Å². The summed E-state index contributed by atoms with van der Waals surface area (Å²) in [6.07, 6.45) is 2.13. The largest absolute Gasteiger partial charge is 0.465 e. The smallest absolute Gasteiger partial charge is 0.199 e. The van der Waals surface area contributed by atoms with Gasteiger partial charge >= 0.3 is 0 Å². The summed E-state index contributed by atoms with van der Waals surface area (Å²) >= 11 is 0. The number of methoxy groups -OCH3 is 1. The van der Waals surface area contributed by atoms with E-state index in [1.807, 2.05) is 6.92 Å². The van der Waals surface area contributed by atoms with E-state index in [0.29, 0.717) is 11.4 Å². The monoisotopic (exact) mass is 197 g/mol. The minimum absolute atomic E-state index is 0.0824. The third-order valence-electron chi connectivity index (χ3n) is 1.81. The molecule has 1 aromatic heterocycles. The maximum atomic E-state index is 8.86.